The zero-order chi connectivity index (χ0) is 65.7. The van der Waals surface area contributed by atoms with Crippen LogP contribution in [-0.4, -0.2) is 60.3 Å². The molecule has 16 nitrogen and oxygen atoms in total. The Labute approximate surface area is 536 Å². The molecule has 0 radical (unpaired) electrons. The minimum absolute atomic E-state index is 0.144. The lowest BCUT2D eigenvalue weighted by Crippen LogP contribution is -2.33. The number of nitrogens with one attached hydrogen (secondary N) is 4. The Kier molecular flexibility index (Phi) is 25.3. The number of unbranched alkanes of at least 4 members (excludes halogenated alkanes) is 9. The molecule has 0 aliphatic carbocycles. The van der Waals surface area contributed by atoms with E-state index < -0.39 is 18.1 Å². The van der Waals surface area contributed by atoms with Crippen molar-refractivity contribution >= 4 is 67.9 Å². The van der Waals surface area contributed by atoms with E-state index in [0.717, 1.165) is 46.4 Å². The topological polar surface area (TPSA) is 212 Å². The van der Waals surface area contributed by atoms with Gasteiger partial charge in [0.1, 0.15) is 46.0 Å². The summed E-state index contributed by atoms with van der Waals surface area (Å²) in [6.45, 7) is 19.4. The highest BCUT2D eigenvalue weighted by molar-refractivity contribution is 6.00. The van der Waals surface area contributed by atoms with Gasteiger partial charge in [-0.2, -0.15) is 0 Å². The average molecular weight is 1240 g/mol. The van der Waals surface area contributed by atoms with Crippen molar-refractivity contribution in [2.75, 3.05) is 35.5 Å². The van der Waals surface area contributed by atoms with E-state index in [9.17, 15) is 29.4 Å². The van der Waals surface area contributed by atoms with Crippen LogP contribution in [-0.2, 0) is 19.2 Å². The molecular formula is C75H90N4O12. The number of benzene rings is 8. The number of aryl methyl sites for hydroxylation is 2. The Morgan fingerprint density at radius 2 is 0.890 bits per heavy atom. The Hall–Kier alpha value is -9.44. The first-order valence-electron chi connectivity index (χ1n) is 31.6. The van der Waals surface area contributed by atoms with Crippen LogP contribution in [0, 0.1) is 13.8 Å². The SMILES string of the molecule is CCCCCCCCCCCCC(Oc1cc(C(C)C)cc2cc(C(C)C)ccc12)C(=O)Nc1cc(O)c(NC(C)=O)cc1Oc1ccc(OC)cc1.COc1ccc(Oc2cc(NC(C)=O)c(O)cc2NC(=O)C(C)Oc2ccc3cc(C)c(C)cc3c2)cc1. The van der Waals surface area contributed by atoms with Gasteiger partial charge in [-0.15, -0.1) is 0 Å². The van der Waals surface area contributed by atoms with E-state index in [4.69, 9.17) is 28.4 Å². The molecule has 0 saturated carbocycles. The van der Waals surface area contributed by atoms with Crippen LogP contribution >= 0.6 is 0 Å². The van der Waals surface area contributed by atoms with Gasteiger partial charge in [0.2, 0.25) is 11.8 Å². The van der Waals surface area contributed by atoms with E-state index in [0.29, 0.717) is 46.8 Å². The Morgan fingerprint density at radius 1 is 0.429 bits per heavy atom. The second-order valence-corrected chi connectivity index (χ2v) is 23.7. The molecular weight excluding hydrogens is 1150 g/mol. The van der Waals surface area contributed by atoms with Crippen LogP contribution in [0.5, 0.6) is 57.5 Å². The number of ether oxygens (including phenoxy) is 6. The van der Waals surface area contributed by atoms with Crippen molar-refractivity contribution in [3.8, 4) is 57.5 Å². The number of amides is 4. The fourth-order valence-electron chi connectivity index (χ4n) is 10.3. The molecule has 0 spiro atoms. The van der Waals surface area contributed by atoms with Crippen molar-refractivity contribution in [1.82, 2.24) is 0 Å². The molecule has 6 N–H and O–H groups in total. The maximum atomic E-state index is 14.3. The first-order valence-corrected chi connectivity index (χ1v) is 31.6. The van der Waals surface area contributed by atoms with Gasteiger partial charge < -0.3 is 59.9 Å². The molecule has 0 heterocycles. The zero-order valence-corrected chi connectivity index (χ0v) is 54.8. The van der Waals surface area contributed by atoms with E-state index in [1.165, 1.54) is 99.7 Å². The van der Waals surface area contributed by atoms with Gasteiger partial charge in [0.15, 0.2) is 23.7 Å². The molecule has 8 aromatic carbocycles. The molecule has 8 rings (SSSR count). The molecule has 0 bridgehead atoms. The maximum Gasteiger partial charge on any atom is 0.265 e. The van der Waals surface area contributed by atoms with Crippen LogP contribution in [0.15, 0.2) is 133 Å². The number of hydrogen-bond donors (Lipinski definition) is 6. The molecule has 4 amide bonds. The number of rotatable bonds is 29. The number of methoxy groups -OCH3 is 2. The molecule has 2 atom stereocenters. The van der Waals surface area contributed by atoms with E-state index in [1.54, 1.807) is 69.7 Å². The molecule has 0 aromatic heterocycles. The largest absolute Gasteiger partial charge is 0.506 e. The summed E-state index contributed by atoms with van der Waals surface area (Å²) in [7, 11) is 3.15. The molecule has 8 aromatic rings. The van der Waals surface area contributed by atoms with E-state index in [-0.39, 0.29) is 69.4 Å². The third-order valence-electron chi connectivity index (χ3n) is 15.7. The fourth-order valence-corrected chi connectivity index (χ4v) is 10.3. The van der Waals surface area contributed by atoms with E-state index in [2.05, 4.69) is 112 Å². The lowest BCUT2D eigenvalue weighted by atomic mass is 9.94. The van der Waals surface area contributed by atoms with Crippen molar-refractivity contribution in [3.05, 3.63) is 156 Å². The monoisotopic (exact) mass is 1240 g/mol. The van der Waals surface area contributed by atoms with Crippen molar-refractivity contribution in [2.24, 2.45) is 0 Å². The molecule has 0 aliphatic heterocycles. The number of anilines is 4. The standard InChI is InChI=1S/C45H60N2O6.C30H30N2O6/c1-8-9-10-11-12-13-14-15-16-17-18-42(53-43-27-34(31(4)5)26-35-25-33(30(2)3)19-24-38(35)43)45(50)47-40-28-41(49)39(46-32(6)48)29-44(40)52-37-22-20-36(51-7)21-23-37;1-17-12-21-6-7-25(14-22(21)13-18(17)2)37-19(3)30(35)32-27-15-28(34)26(31-20(4)33)16-29(27)38-24-10-8-23(36-5)9-11-24/h19-31,42,49H,8-18H2,1-7H3,(H,46,48)(H,47,50);6-16,19,34H,1-5H3,(H,31,33)(H,32,35). The molecule has 91 heavy (non-hydrogen) atoms. The van der Waals surface area contributed by atoms with Crippen LogP contribution in [0.2, 0.25) is 0 Å². The fraction of sp³-hybridized carbons (Fsp3) is 0.360. The molecule has 0 aliphatic rings. The summed E-state index contributed by atoms with van der Waals surface area (Å²) in [5.41, 5.74) is 5.52. The third-order valence-corrected chi connectivity index (χ3v) is 15.7. The van der Waals surface area contributed by atoms with E-state index >= 15 is 0 Å². The Balaban J connectivity index is 0.000000272. The molecule has 0 saturated heterocycles. The van der Waals surface area contributed by atoms with E-state index in [1.807, 2.05) is 18.2 Å². The van der Waals surface area contributed by atoms with Crippen LogP contribution in [0.1, 0.15) is 160 Å². The number of carbonyl (C=O) groups is 4. The Morgan fingerprint density at radius 3 is 1.38 bits per heavy atom. The van der Waals surface area contributed by atoms with Gasteiger partial charge in [-0.05, 0) is 151 Å². The highest BCUT2D eigenvalue weighted by atomic mass is 16.5. The average Bonchev–Trinajstić information content (AvgIpc) is 0.929. The van der Waals surface area contributed by atoms with Gasteiger partial charge in [-0.1, -0.05) is 135 Å². The quantitative estimate of drug-likeness (QED) is 0.0191. The lowest BCUT2D eigenvalue weighted by molar-refractivity contribution is -0.123. The predicted molar refractivity (Wildman–Crippen MR) is 365 cm³/mol. The summed E-state index contributed by atoms with van der Waals surface area (Å²) in [5, 5.41) is 36.4. The second kappa shape index (κ2) is 33.4. The van der Waals surface area contributed by atoms with Crippen LogP contribution < -0.4 is 49.7 Å². The molecule has 482 valence electrons. The number of fused-ring (bicyclic) bond motifs is 2. The molecule has 16 heteroatoms. The smallest absolute Gasteiger partial charge is 0.265 e. The summed E-state index contributed by atoms with van der Waals surface area (Å²) in [6, 6.07) is 40.1. The maximum absolute atomic E-state index is 14.3. The van der Waals surface area contributed by atoms with Crippen molar-refractivity contribution in [3.63, 3.8) is 0 Å². The van der Waals surface area contributed by atoms with Gasteiger partial charge in [0, 0.05) is 43.5 Å². The van der Waals surface area contributed by atoms with Gasteiger partial charge in [-0.25, -0.2) is 0 Å². The number of carbonyl (C=O) groups excluding carboxylic acids is 4. The summed E-state index contributed by atoms with van der Waals surface area (Å²) in [6.07, 6.45) is 10.7. The van der Waals surface area contributed by atoms with Crippen molar-refractivity contribution in [1.29, 1.82) is 0 Å². The van der Waals surface area contributed by atoms with Gasteiger partial charge in [0.05, 0.1) is 37.0 Å². The summed E-state index contributed by atoms with van der Waals surface area (Å²) in [5.74, 6) is 2.65. The van der Waals surface area contributed by atoms with Gasteiger partial charge in [0.25, 0.3) is 11.8 Å². The Bertz CT molecular complexity index is 3760. The highest BCUT2D eigenvalue weighted by Crippen LogP contribution is 2.42. The third kappa shape index (κ3) is 20.3. The minimum Gasteiger partial charge on any atom is -0.506 e. The number of aromatic hydroxyl groups is 2. The molecule has 0 fully saturated rings. The summed E-state index contributed by atoms with van der Waals surface area (Å²) < 4.78 is 35.3. The van der Waals surface area contributed by atoms with Crippen molar-refractivity contribution in [2.45, 2.75) is 164 Å². The lowest BCUT2D eigenvalue weighted by Gasteiger charge is -2.23. The van der Waals surface area contributed by atoms with Crippen LogP contribution in [0.25, 0.3) is 21.5 Å². The number of phenols is 2. The zero-order valence-electron chi connectivity index (χ0n) is 54.8. The first kappa shape index (κ1) is 69.0. The first-order chi connectivity index (χ1) is 43.6. The molecule has 2 unspecified atom stereocenters. The summed E-state index contributed by atoms with van der Waals surface area (Å²) >= 11 is 0. The predicted octanol–water partition coefficient (Wildman–Crippen LogP) is 18.6. The van der Waals surface area contributed by atoms with Crippen LogP contribution in [0.3, 0.4) is 0 Å². The highest BCUT2D eigenvalue weighted by Gasteiger charge is 2.26. The number of hydrogen-bond acceptors (Lipinski definition) is 12. The number of phenolic OH excluding ortho intramolecular Hbond substituents is 2. The summed E-state index contributed by atoms with van der Waals surface area (Å²) in [4.78, 5) is 50.9. The second-order valence-electron chi connectivity index (χ2n) is 23.7. The van der Waals surface area contributed by atoms with Gasteiger partial charge >= 0.3 is 0 Å². The van der Waals surface area contributed by atoms with Gasteiger partial charge in [-0.3, -0.25) is 19.2 Å². The van der Waals surface area contributed by atoms with Crippen molar-refractivity contribution < 1.29 is 57.8 Å². The normalized spacial score (nSPS) is 11.7. The minimum atomic E-state index is -0.856. The van der Waals surface area contributed by atoms with Crippen LogP contribution in [0.4, 0.5) is 22.7 Å².